The van der Waals surface area contributed by atoms with Crippen LogP contribution in [0.4, 0.5) is 5.82 Å². The third-order valence-electron chi connectivity index (χ3n) is 5.09. The maximum Gasteiger partial charge on any atom is 0.188 e. The monoisotopic (exact) mass is 397 g/mol. The number of nitrogens with zero attached hydrogens (tertiary/aromatic N) is 3. The molecule has 0 amide bonds. The molecule has 29 heavy (non-hydrogen) atoms. The van der Waals surface area contributed by atoms with Crippen molar-refractivity contribution in [2.45, 2.75) is 32.2 Å². The number of ether oxygens (including phenoxy) is 2. The summed E-state index contributed by atoms with van der Waals surface area (Å²) in [6, 6.07) is 10.0. The normalized spacial score (nSPS) is 14.6. The number of aliphatic imine (C=N–C) groups is 1. The number of guanidine groups is 1. The average Bonchev–Trinajstić information content (AvgIpc) is 2.78. The van der Waals surface area contributed by atoms with Crippen LogP contribution < -0.4 is 25.4 Å². The topological polar surface area (TPSA) is 85.0 Å². The van der Waals surface area contributed by atoms with Crippen LogP contribution >= 0.6 is 0 Å². The van der Waals surface area contributed by atoms with Crippen LogP contribution in [-0.4, -0.2) is 44.8 Å². The van der Waals surface area contributed by atoms with Crippen molar-refractivity contribution in [2.75, 3.05) is 38.8 Å². The summed E-state index contributed by atoms with van der Waals surface area (Å²) >= 11 is 0. The van der Waals surface area contributed by atoms with Gasteiger partial charge in [-0.25, -0.2) is 9.98 Å². The first-order valence-electron chi connectivity index (χ1n) is 10.1. The molecule has 3 N–H and O–H groups in total. The number of benzene rings is 1. The molecule has 0 radical (unpaired) electrons. The van der Waals surface area contributed by atoms with Crippen molar-refractivity contribution in [3.8, 4) is 11.5 Å². The Bertz CT molecular complexity index is 819. The molecule has 0 aliphatic carbocycles. The molecule has 2 heterocycles. The fourth-order valence-corrected chi connectivity index (χ4v) is 3.46. The van der Waals surface area contributed by atoms with Crippen molar-refractivity contribution in [1.82, 2.24) is 10.3 Å². The minimum Gasteiger partial charge on any atom is -0.493 e. The lowest BCUT2D eigenvalue weighted by atomic mass is 10.1. The van der Waals surface area contributed by atoms with Crippen LogP contribution in [0, 0.1) is 0 Å². The number of nitrogens with one attached hydrogen (secondary N) is 1. The van der Waals surface area contributed by atoms with Crippen molar-refractivity contribution in [3.63, 3.8) is 0 Å². The molecule has 1 saturated heterocycles. The van der Waals surface area contributed by atoms with Gasteiger partial charge in [0.2, 0.25) is 0 Å². The predicted molar refractivity (Wildman–Crippen MR) is 117 cm³/mol. The zero-order valence-electron chi connectivity index (χ0n) is 17.4. The van der Waals surface area contributed by atoms with Gasteiger partial charge in [-0.05, 0) is 61.1 Å². The fraction of sp³-hybridized carbons (Fsp3) is 0.455. The Morgan fingerprint density at radius 3 is 2.62 bits per heavy atom. The van der Waals surface area contributed by atoms with Crippen molar-refractivity contribution >= 4 is 11.8 Å². The van der Waals surface area contributed by atoms with Crippen LogP contribution in [0.15, 0.2) is 41.5 Å². The van der Waals surface area contributed by atoms with Crippen LogP contribution in [0.2, 0.25) is 0 Å². The lowest BCUT2D eigenvalue weighted by Gasteiger charge is -2.27. The van der Waals surface area contributed by atoms with Crippen molar-refractivity contribution in [1.29, 1.82) is 0 Å². The Hall–Kier alpha value is -2.96. The van der Waals surface area contributed by atoms with Gasteiger partial charge in [-0.1, -0.05) is 6.07 Å². The summed E-state index contributed by atoms with van der Waals surface area (Å²) in [6.07, 6.45) is 6.45. The molecule has 1 aliphatic heterocycles. The van der Waals surface area contributed by atoms with E-state index in [1.54, 1.807) is 14.2 Å². The highest BCUT2D eigenvalue weighted by molar-refractivity contribution is 5.77. The summed E-state index contributed by atoms with van der Waals surface area (Å²) in [5.41, 5.74) is 8.29. The number of hydrogen-bond donors (Lipinski definition) is 2. The second-order valence-electron chi connectivity index (χ2n) is 7.14. The predicted octanol–water partition coefficient (Wildman–Crippen LogP) is 2.74. The van der Waals surface area contributed by atoms with Gasteiger partial charge in [-0.3, -0.25) is 0 Å². The quantitative estimate of drug-likeness (QED) is 0.526. The Kier molecular flexibility index (Phi) is 7.55. The molecule has 1 fully saturated rings. The lowest BCUT2D eigenvalue weighted by Crippen LogP contribution is -2.33. The van der Waals surface area contributed by atoms with Crippen LogP contribution in [-0.2, 0) is 13.0 Å². The lowest BCUT2D eigenvalue weighted by molar-refractivity contribution is 0.354. The number of aromatic nitrogens is 1. The molecule has 156 valence electrons. The van der Waals surface area contributed by atoms with Crippen molar-refractivity contribution in [3.05, 3.63) is 47.7 Å². The first-order valence-corrected chi connectivity index (χ1v) is 10.1. The van der Waals surface area contributed by atoms with Crippen LogP contribution in [0.5, 0.6) is 11.5 Å². The summed E-state index contributed by atoms with van der Waals surface area (Å²) < 4.78 is 10.6. The van der Waals surface area contributed by atoms with Gasteiger partial charge in [-0.2, -0.15) is 0 Å². The standard InChI is InChI=1S/C22H31N5O2/c1-28-19-7-6-17(14-20(19)29-2)8-11-25-22(23)26-16-18-9-10-24-21(15-18)27-12-4-3-5-13-27/h6-7,9-10,14-15H,3-5,8,11-13,16H2,1-2H3,(H3,23,25,26). The van der Waals surface area contributed by atoms with E-state index in [9.17, 15) is 0 Å². The molecule has 0 saturated carbocycles. The smallest absolute Gasteiger partial charge is 0.188 e. The van der Waals surface area contributed by atoms with Gasteiger partial charge in [0.1, 0.15) is 5.82 Å². The van der Waals surface area contributed by atoms with Crippen LogP contribution in [0.25, 0.3) is 0 Å². The van der Waals surface area contributed by atoms with Gasteiger partial charge in [0.25, 0.3) is 0 Å². The number of piperidine rings is 1. The maximum atomic E-state index is 6.04. The third kappa shape index (κ3) is 6.01. The van der Waals surface area contributed by atoms with Gasteiger partial charge in [-0.15, -0.1) is 0 Å². The highest BCUT2D eigenvalue weighted by atomic mass is 16.5. The molecule has 0 spiro atoms. The zero-order valence-corrected chi connectivity index (χ0v) is 17.4. The summed E-state index contributed by atoms with van der Waals surface area (Å²) in [5, 5.41) is 3.18. The van der Waals surface area contributed by atoms with E-state index in [1.165, 1.54) is 19.3 Å². The summed E-state index contributed by atoms with van der Waals surface area (Å²) in [6.45, 7) is 3.40. The average molecular weight is 398 g/mol. The molecular weight excluding hydrogens is 366 g/mol. The first-order chi connectivity index (χ1) is 14.2. The number of rotatable bonds is 8. The molecule has 1 aliphatic rings. The molecule has 0 unspecified atom stereocenters. The minimum atomic E-state index is 0.446. The number of hydrogen-bond acceptors (Lipinski definition) is 5. The van der Waals surface area contributed by atoms with E-state index >= 15 is 0 Å². The Morgan fingerprint density at radius 2 is 1.86 bits per heavy atom. The highest BCUT2D eigenvalue weighted by Crippen LogP contribution is 2.27. The molecule has 0 atom stereocenters. The van der Waals surface area contributed by atoms with E-state index in [-0.39, 0.29) is 0 Å². The van der Waals surface area contributed by atoms with E-state index in [0.717, 1.165) is 48.0 Å². The summed E-state index contributed by atoms with van der Waals surface area (Å²) in [5.74, 6) is 2.94. The van der Waals surface area contributed by atoms with E-state index in [1.807, 2.05) is 30.5 Å². The van der Waals surface area contributed by atoms with Gasteiger partial charge < -0.3 is 25.4 Å². The largest absolute Gasteiger partial charge is 0.493 e. The zero-order chi connectivity index (χ0) is 20.5. The van der Waals surface area contributed by atoms with Gasteiger partial charge in [0.05, 0.1) is 20.8 Å². The fourth-order valence-electron chi connectivity index (χ4n) is 3.46. The molecule has 0 bridgehead atoms. The Morgan fingerprint density at radius 1 is 1.07 bits per heavy atom. The molecule has 1 aromatic carbocycles. The number of nitrogens with two attached hydrogens (primary N) is 1. The SMILES string of the molecule is COc1ccc(CCNC(N)=NCc2ccnc(N3CCCCC3)c2)cc1OC. The number of pyridine rings is 1. The van der Waals surface area contributed by atoms with E-state index in [2.05, 4.69) is 26.3 Å². The highest BCUT2D eigenvalue weighted by Gasteiger charge is 2.12. The van der Waals surface area contributed by atoms with Crippen LogP contribution in [0.1, 0.15) is 30.4 Å². The molecule has 3 rings (SSSR count). The number of methoxy groups -OCH3 is 2. The van der Waals surface area contributed by atoms with Gasteiger partial charge in [0.15, 0.2) is 17.5 Å². The van der Waals surface area contributed by atoms with Crippen molar-refractivity contribution in [2.24, 2.45) is 10.7 Å². The molecule has 7 nitrogen and oxygen atoms in total. The summed E-state index contributed by atoms with van der Waals surface area (Å²) in [4.78, 5) is 11.3. The summed E-state index contributed by atoms with van der Waals surface area (Å²) in [7, 11) is 3.27. The van der Waals surface area contributed by atoms with E-state index < -0.39 is 0 Å². The molecule has 7 heteroatoms. The molecule has 1 aromatic heterocycles. The third-order valence-corrected chi connectivity index (χ3v) is 5.09. The number of anilines is 1. The van der Waals surface area contributed by atoms with Crippen molar-refractivity contribution < 1.29 is 9.47 Å². The van der Waals surface area contributed by atoms with E-state index in [0.29, 0.717) is 19.0 Å². The van der Waals surface area contributed by atoms with Crippen LogP contribution in [0.3, 0.4) is 0 Å². The first kappa shape index (κ1) is 20.8. The minimum absolute atomic E-state index is 0.446. The van der Waals surface area contributed by atoms with Gasteiger partial charge in [0, 0.05) is 25.8 Å². The molecular formula is C22H31N5O2. The second kappa shape index (κ2) is 10.5. The molecule has 2 aromatic rings. The second-order valence-corrected chi connectivity index (χ2v) is 7.14. The Balaban J connectivity index is 1.49. The Labute approximate surface area is 172 Å². The van der Waals surface area contributed by atoms with E-state index in [4.69, 9.17) is 15.2 Å². The van der Waals surface area contributed by atoms with Gasteiger partial charge >= 0.3 is 0 Å². The maximum absolute atomic E-state index is 6.04.